The summed E-state index contributed by atoms with van der Waals surface area (Å²) in [4.78, 5) is 23.4. The van der Waals surface area contributed by atoms with Gasteiger partial charge in [-0.1, -0.05) is 12.1 Å². The van der Waals surface area contributed by atoms with E-state index in [-0.39, 0.29) is 17.1 Å². The first kappa shape index (κ1) is 12.8. The molecule has 1 amide bonds. The van der Waals surface area contributed by atoms with Crippen LogP contribution in [0.15, 0.2) is 24.3 Å². The van der Waals surface area contributed by atoms with Crippen molar-refractivity contribution in [2.45, 2.75) is 19.8 Å². The van der Waals surface area contributed by atoms with Gasteiger partial charge in [-0.3, -0.25) is 9.59 Å². The van der Waals surface area contributed by atoms with Gasteiger partial charge < -0.3 is 10.6 Å². The van der Waals surface area contributed by atoms with Gasteiger partial charge in [0.15, 0.2) is 5.78 Å². The van der Waals surface area contributed by atoms with Crippen LogP contribution in [0, 0.1) is 5.41 Å². The average Bonchev–Trinajstić information content (AvgIpc) is 3.11. The maximum absolute atomic E-state index is 12.1. The molecule has 0 bridgehead atoms. The number of carbonyl (C=O) groups is 2. The first-order valence-electron chi connectivity index (χ1n) is 6.14. The molecule has 0 radical (unpaired) electrons. The van der Waals surface area contributed by atoms with Gasteiger partial charge in [-0.05, 0) is 38.9 Å². The zero-order valence-corrected chi connectivity index (χ0v) is 10.7. The summed E-state index contributed by atoms with van der Waals surface area (Å²) in [6.07, 6.45) is 1.85. The van der Waals surface area contributed by atoms with E-state index in [2.05, 4.69) is 10.6 Å². The van der Waals surface area contributed by atoms with Crippen LogP contribution in [-0.2, 0) is 4.79 Å². The summed E-state index contributed by atoms with van der Waals surface area (Å²) in [5, 5.41) is 5.95. The van der Waals surface area contributed by atoms with Gasteiger partial charge in [-0.25, -0.2) is 0 Å². The van der Waals surface area contributed by atoms with Crippen LogP contribution in [0.2, 0.25) is 0 Å². The van der Waals surface area contributed by atoms with E-state index in [0.29, 0.717) is 17.8 Å². The number of anilines is 1. The summed E-state index contributed by atoms with van der Waals surface area (Å²) in [7, 11) is 1.85. The summed E-state index contributed by atoms with van der Waals surface area (Å²) >= 11 is 0. The number of nitrogens with one attached hydrogen (secondary N) is 2. The summed E-state index contributed by atoms with van der Waals surface area (Å²) in [5.74, 6) is 0.0417. The third-order valence-corrected chi connectivity index (χ3v) is 3.38. The monoisotopic (exact) mass is 246 g/mol. The van der Waals surface area contributed by atoms with Crippen LogP contribution >= 0.6 is 0 Å². The number of ketones is 1. The molecule has 1 aliphatic carbocycles. The van der Waals surface area contributed by atoms with Crippen molar-refractivity contribution in [1.29, 1.82) is 0 Å². The summed E-state index contributed by atoms with van der Waals surface area (Å²) in [6.45, 7) is 2.22. The summed E-state index contributed by atoms with van der Waals surface area (Å²) < 4.78 is 0. The fraction of sp³-hybridized carbons (Fsp3) is 0.429. The maximum atomic E-state index is 12.1. The molecule has 96 valence electrons. The average molecular weight is 246 g/mol. The number of Topliss-reactive ketones (excluding diaryl/α,β-unsaturated/α-hetero) is 1. The first-order valence-corrected chi connectivity index (χ1v) is 6.14. The maximum Gasteiger partial charge on any atom is 0.231 e. The van der Waals surface area contributed by atoms with Crippen molar-refractivity contribution in [2.75, 3.05) is 18.9 Å². The van der Waals surface area contributed by atoms with Crippen molar-refractivity contribution < 1.29 is 9.59 Å². The van der Waals surface area contributed by atoms with Gasteiger partial charge in [0.05, 0.1) is 5.41 Å². The van der Waals surface area contributed by atoms with Crippen LogP contribution in [0.4, 0.5) is 5.69 Å². The largest absolute Gasteiger partial charge is 0.326 e. The van der Waals surface area contributed by atoms with E-state index in [1.165, 1.54) is 6.92 Å². The van der Waals surface area contributed by atoms with E-state index in [0.717, 1.165) is 12.8 Å². The summed E-state index contributed by atoms with van der Waals surface area (Å²) in [5.41, 5.74) is 1.06. The number of rotatable bonds is 5. The molecule has 1 aliphatic rings. The van der Waals surface area contributed by atoms with Crippen molar-refractivity contribution in [3.05, 3.63) is 29.8 Å². The van der Waals surface area contributed by atoms with E-state index in [1.807, 2.05) is 7.05 Å². The third-order valence-electron chi connectivity index (χ3n) is 3.38. The lowest BCUT2D eigenvalue weighted by Crippen LogP contribution is -2.32. The lowest BCUT2D eigenvalue weighted by Gasteiger charge is -2.14. The molecule has 18 heavy (non-hydrogen) atoms. The lowest BCUT2D eigenvalue weighted by molar-refractivity contribution is -0.120. The predicted octanol–water partition coefficient (Wildman–Crippen LogP) is 1.83. The van der Waals surface area contributed by atoms with Gasteiger partial charge in [-0.2, -0.15) is 0 Å². The molecule has 0 heterocycles. The van der Waals surface area contributed by atoms with Crippen LogP contribution in [0.25, 0.3) is 0 Å². The van der Waals surface area contributed by atoms with Crippen molar-refractivity contribution in [3.8, 4) is 0 Å². The van der Waals surface area contributed by atoms with Crippen LogP contribution in [0.1, 0.15) is 30.1 Å². The normalized spacial score (nSPS) is 16.1. The Balaban J connectivity index is 2.08. The Morgan fingerprint density at radius 3 is 2.61 bits per heavy atom. The first-order chi connectivity index (χ1) is 8.57. The van der Waals surface area contributed by atoms with Crippen LogP contribution < -0.4 is 10.6 Å². The number of hydrogen-bond acceptors (Lipinski definition) is 3. The molecule has 0 saturated heterocycles. The number of hydrogen-bond donors (Lipinski definition) is 2. The topological polar surface area (TPSA) is 58.2 Å². The Hall–Kier alpha value is -1.68. The molecular formula is C14H18N2O2. The van der Waals surface area contributed by atoms with Crippen molar-refractivity contribution >= 4 is 17.4 Å². The molecule has 1 fully saturated rings. The molecular weight excluding hydrogens is 228 g/mol. The Morgan fingerprint density at radius 2 is 2.06 bits per heavy atom. The van der Waals surface area contributed by atoms with Crippen LogP contribution in [0.3, 0.4) is 0 Å². The lowest BCUT2D eigenvalue weighted by atomic mass is 10.1. The molecule has 0 unspecified atom stereocenters. The second-order valence-corrected chi connectivity index (χ2v) is 4.90. The van der Waals surface area contributed by atoms with E-state index in [4.69, 9.17) is 0 Å². The standard InChI is InChI=1S/C14H18N2O2/c1-10(17)11-4-3-5-12(8-11)16-13(18)14(6-7-14)9-15-2/h3-5,8,15H,6-7,9H2,1-2H3,(H,16,18). The quantitative estimate of drug-likeness (QED) is 0.779. The Labute approximate surface area is 107 Å². The molecule has 2 rings (SSSR count). The Morgan fingerprint density at radius 1 is 1.33 bits per heavy atom. The fourth-order valence-electron chi connectivity index (χ4n) is 2.05. The highest BCUT2D eigenvalue weighted by Crippen LogP contribution is 2.45. The van der Waals surface area contributed by atoms with Crippen LogP contribution in [0.5, 0.6) is 0 Å². The van der Waals surface area contributed by atoms with Gasteiger partial charge in [0.25, 0.3) is 0 Å². The molecule has 0 aliphatic heterocycles. The smallest absolute Gasteiger partial charge is 0.231 e. The molecule has 4 nitrogen and oxygen atoms in total. The number of carbonyl (C=O) groups excluding carboxylic acids is 2. The molecule has 1 aromatic carbocycles. The fourth-order valence-corrected chi connectivity index (χ4v) is 2.05. The Kier molecular flexibility index (Phi) is 3.48. The van der Waals surface area contributed by atoms with E-state index < -0.39 is 0 Å². The van der Waals surface area contributed by atoms with Gasteiger partial charge in [0, 0.05) is 17.8 Å². The van der Waals surface area contributed by atoms with E-state index >= 15 is 0 Å². The second-order valence-electron chi connectivity index (χ2n) is 4.90. The molecule has 1 saturated carbocycles. The van der Waals surface area contributed by atoms with Crippen molar-refractivity contribution in [2.24, 2.45) is 5.41 Å². The zero-order chi connectivity index (χ0) is 13.2. The highest BCUT2D eigenvalue weighted by Gasteiger charge is 2.49. The van der Waals surface area contributed by atoms with Crippen molar-refractivity contribution in [1.82, 2.24) is 5.32 Å². The highest BCUT2D eigenvalue weighted by atomic mass is 16.2. The number of benzene rings is 1. The molecule has 0 aromatic heterocycles. The molecule has 0 atom stereocenters. The SMILES string of the molecule is CNCC1(C(=O)Nc2cccc(C(C)=O)c2)CC1. The van der Waals surface area contributed by atoms with Gasteiger partial charge in [-0.15, -0.1) is 0 Å². The third kappa shape index (κ3) is 2.59. The predicted molar refractivity (Wildman–Crippen MR) is 70.7 cm³/mol. The van der Waals surface area contributed by atoms with E-state index in [1.54, 1.807) is 24.3 Å². The minimum atomic E-state index is -0.249. The van der Waals surface area contributed by atoms with Gasteiger partial charge in [0.1, 0.15) is 0 Å². The van der Waals surface area contributed by atoms with Crippen LogP contribution in [-0.4, -0.2) is 25.3 Å². The molecule has 4 heteroatoms. The van der Waals surface area contributed by atoms with Crippen molar-refractivity contribution in [3.63, 3.8) is 0 Å². The minimum absolute atomic E-state index is 0.00228. The molecule has 1 aromatic rings. The van der Waals surface area contributed by atoms with Gasteiger partial charge >= 0.3 is 0 Å². The van der Waals surface area contributed by atoms with E-state index in [9.17, 15) is 9.59 Å². The minimum Gasteiger partial charge on any atom is -0.326 e. The zero-order valence-electron chi connectivity index (χ0n) is 10.7. The highest BCUT2D eigenvalue weighted by molar-refractivity contribution is 5.99. The number of amides is 1. The molecule has 2 N–H and O–H groups in total. The second kappa shape index (κ2) is 4.90. The Bertz CT molecular complexity index is 478. The molecule has 0 spiro atoms. The summed E-state index contributed by atoms with van der Waals surface area (Å²) in [6, 6.07) is 7.05. The van der Waals surface area contributed by atoms with Gasteiger partial charge in [0.2, 0.25) is 5.91 Å².